The van der Waals surface area contributed by atoms with Crippen LogP contribution in [0.25, 0.3) is 28.3 Å². The van der Waals surface area contributed by atoms with Gasteiger partial charge in [0.1, 0.15) is 11.0 Å². The number of carbonyl (C=O) groups is 1. The first-order valence-electron chi connectivity index (χ1n) is 9.76. The smallest absolute Gasteiger partial charge is 0.328 e. The van der Waals surface area contributed by atoms with E-state index in [0.29, 0.717) is 0 Å². The van der Waals surface area contributed by atoms with Crippen LogP contribution >= 0.6 is 0 Å². The Hall–Kier alpha value is -3.99. The number of benzene rings is 3. The molecule has 3 aromatic carbocycles. The van der Waals surface area contributed by atoms with Gasteiger partial charge in [0.15, 0.2) is 0 Å². The lowest BCUT2D eigenvalue weighted by atomic mass is 9.88. The summed E-state index contributed by atoms with van der Waals surface area (Å²) in [6, 6.07) is 24.4. The van der Waals surface area contributed by atoms with Gasteiger partial charge in [0.25, 0.3) is 0 Å². The first kappa shape index (κ1) is 19.3. The molecule has 0 aliphatic rings. The number of H-pyrrole nitrogens is 1. The molecular weight excluding hydrogens is 374 g/mol. The number of aliphatic carboxylic acids is 1. The van der Waals surface area contributed by atoms with Gasteiger partial charge in [0, 0.05) is 6.08 Å². The lowest BCUT2D eigenvalue weighted by Gasteiger charge is -2.16. The van der Waals surface area contributed by atoms with Gasteiger partial charge in [0.2, 0.25) is 0 Å². The van der Waals surface area contributed by atoms with Gasteiger partial charge < -0.3 is 5.11 Å². The number of carboxylic acid groups (broad SMARTS) is 1. The van der Waals surface area contributed by atoms with Crippen LogP contribution in [-0.2, 0) is 4.79 Å². The Bertz CT molecular complexity index is 1240. The van der Waals surface area contributed by atoms with Gasteiger partial charge >= 0.3 is 5.97 Å². The molecule has 30 heavy (non-hydrogen) atoms. The van der Waals surface area contributed by atoms with Crippen LogP contribution in [0, 0.1) is 0 Å². The Morgan fingerprint density at radius 2 is 1.60 bits per heavy atom. The molecule has 148 valence electrons. The fraction of sp³-hybridized carbons (Fsp3) is 0.0800. The molecule has 0 spiro atoms. The predicted molar refractivity (Wildman–Crippen MR) is 120 cm³/mol. The number of nitrogens with zero attached hydrogens (tertiary/aromatic N) is 2. The molecule has 1 heterocycles. The number of hydrogen-bond acceptors (Lipinski definition) is 3. The van der Waals surface area contributed by atoms with Crippen molar-refractivity contribution in [1.82, 2.24) is 15.4 Å². The second kappa shape index (κ2) is 8.57. The van der Waals surface area contributed by atoms with Crippen LogP contribution in [0.2, 0.25) is 0 Å². The summed E-state index contributed by atoms with van der Waals surface area (Å²) in [7, 11) is 0. The van der Waals surface area contributed by atoms with E-state index in [1.54, 1.807) is 6.08 Å². The van der Waals surface area contributed by atoms with Crippen molar-refractivity contribution in [2.24, 2.45) is 0 Å². The van der Waals surface area contributed by atoms with Crippen LogP contribution in [0.5, 0.6) is 0 Å². The zero-order chi connectivity index (χ0) is 20.9. The summed E-state index contributed by atoms with van der Waals surface area (Å²) in [6.07, 6.45) is 3.59. The van der Waals surface area contributed by atoms with Crippen LogP contribution in [0.15, 0.2) is 78.9 Å². The third kappa shape index (κ3) is 4.05. The molecule has 1 aromatic heterocycles. The van der Waals surface area contributed by atoms with Crippen molar-refractivity contribution in [3.63, 3.8) is 0 Å². The van der Waals surface area contributed by atoms with E-state index in [2.05, 4.69) is 40.5 Å². The van der Waals surface area contributed by atoms with E-state index in [9.17, 15) is 4.79 Å². The van der Waals surface area contributed by atoms with Crippen molar-refractivity contribution in [1.29, 1.82) is 0 Å². The van der Waals surface area contributed by atoms with Crippen molar-refractivity contribution in [2.75, 3.05) is 0 Å². The number of hydrogen-bond donors (Lipinski definition) is 2. The van der Waals surface area contributed by atoms with E-state index in [1.165, 1.54) is 11.1 Å². The molecule has 5 heteroatoms. The molecule has 4 rings (SSSR count). The van der Waals surface area contributed by atoms with Gasteiger partial charge in [0.05, 0.1) is 0 Å². The summed E-state index contributed by atoms with van der Waals surface area (Å²) in [5.74, 6) is -0.960. The Morgan fingerprint density at radius 3 is 2.30 bits per heavy atom. The minimum absolute atomic E-state index is 0.814. The van der Waals surface area contributed by atoms with E-state index < -0.39 is 5.97 Å². The molecule has 0 saturated carbocycles. The Kier molecular flexibility index (Phi) is 5.52. The molecule has 0 bridgehead atoms. The zero-order valence-electron chi connectivity index (χ0n) is 16.5. The minimum atomic E-state index is -0.960. The second-order valence-corrected chi connectivity index (χ2v) is 6.89. The molecule has 0 aliphatic heterocycles. The molecule has 4 aromatic rings. The molecule has 0 aliphatic carbocycles. The summed E-state index contributed by atoms with van der Waals surface area (Å²) in [4.78, 5) is 10.8. The van der Waals surface area contributed by atoms with E-state index in [4.69, 9.17) is 5.11 Å². The number of allylic oxidation sites excluding steroid dienone is 1. The summed E-state index contributed by atoms with van der Waals surface area (Å²) in [5, 5.41) is 19.9. The van der Waals surface area contributed by atoms with Gasteiger partial charge in [-0.3, -0.25) is 0 Å². The Balaban J connectivity index is 1.89. The average Bonchev–Trinajstić information content (AvgIpc) is 3.25. The monoisotopic (exact) mass is 395 g/mol. The standard InChI is InChI=1S/C25H21N3O2/c1-2-21(18-6-4-3-5-7-18)25(20-13-14-22-23(16-20)27-28-26-22)19-11-8-17(9-12-19)10-15-24(29)30/h3-16H,2H2,1H3,(H,29,30)(H,26,27,28)/b15-10?,25-21-. The average molecular weight is 395 g/mol. The van der Waals surface area contributed by atoms with E-state index in [1.807, 2.05) is 54.6 Å². The number of carboxylic acids is 1. The maximum atomic E-state index is 10.8. The molecule has 0 amide bonds. The maximum absolute atomic E-state index is 10.8. The highest BCUT2D eigenvalue weighted by Crippen LogP contribution is 2.35. The highest BCUT2D eigenvalue weighted by molar-refractivity contribution is 6.00. The van der Waals surface area contributed by atoms with Gasteiger partial charge in [-0.2, -0.15) is 15.4 Å². The van der Waals surface area contributed by atoms with Crippen molar-refractivity contribution < 1.29 is 9.90 Å². The number of rotatable bonds is 6. The van der Waals surface area contributed by atoms with Crippen LogP contribution in [0.4, 0.5) is 0 Å². The van der Waals surface area contributed by atoms with Crippen molar-refractivity contribution in [3.8, 4) is 0 Å². The van der Waals surface area contributed by atoms with Gasteiger partial charge in [-0.25, -0.2) is 4.79 Å². The molecular formula is C25H21N3O2. The summed E-state index contributed by atoms with van der Waals surface area (Å²) < 4.78 is 0. The van der Waals surface area contributed by atoms with Crippen molar-refractivity contribution in [3.05, 3.63) is 101 Å². The first-order valence-corrected chi connectivity index (χ1v) is 9.76. The van der Waals surface area contributed by atoms with Crippen LogP contribution in [0.3, 0.4) is 0 Å². The molecule has 5 nitrogen and oxygen atoms in total. The third-order valence-electron chi connectivity index (χ3n) is 5.00. The summed E-state index contributed by atoms with van der Waals surface area (Å²) in [6.45, 7) is 2.15. The highest BCUT2D eigenvalue weighted by atomic mass is 16.4. The quantitative estimate of drug-likeness (QED) is 0.337. The predicted octanol–water partition coefficient (Wildman–Crippen LogP) is 5.42. The topological polar surface area (TPSA) is 78.9 Å². The number of aromatic nitrogens is 3. The lowest BCUT2D eigenvalue weighted by molar-refractivity contribution is -0.131. The summed E-state index contributed by atoms with van der Waals surface area (Å²) in [5.41, 5.74) is 8.13. The molecule has 0 radical (unpaired) electrons. The number of aromatic amines is 1. The molecule has 0 atom stereocenters. The first-order chi connectivity index (χ1) is 14.7. The highest BCUT2D eigenvalue weighted by Gasteiger charge is 2.14. The normalized spacial score (nSPS) is 12.3. The number of nitrogens with one attached hydrogen (secondary N) is 1. The van der Waals surface area contributed by atoms with E-state index in [0.717, 1.165) is 45.8 Å². The maximum Gasteiger partial charge on any atom is 0.328 e. The Labute approximate surface area is 174 Å². The van der Waals surface area contributed by atoms with E-state index >= 15 is 0 Å². The van der Waals surface area contributed by atoms with Gasteiger partial charge in [-0.1, -0.05) is 67.6 Å². The molecule has 2 N–H and O–H groups in total. The van der Waals surface area contributed by atoms with Gasteiger partial charge in [-0.15, -0.1) is 0 Å². The van der Waals surface area contributed by atoms with Crippen LogP contribution in [-0.4, -0.2) is 26.5 Å². The van der Waals surface area contributed by atoms with Crippen molar-refractivity contribution >= 4 is 34.2 Å². The SMILES string of the molecule is CC/C(=C(\c1ccc(C=CC(=O)O)cc1)c1ccc2n[nH]nc2c1)c1ccccc1. The second-order valence-electron chi connectivity index (χ2n) is 6.89. The minimum Gasteiger partial charge on any atom is -0.478 e. The number of fused-ring (bicyclic) bond motifs is 1. The lowest BCUT2D eigenvalue weighted by Crippen LogP contribution is -1.95. The molecule has 0 fully saturated rings. The van der Waals surface area contributed by atoms with E-state index in [-0.39, 0.29) is 0 Å². The van der Waals surface area contributed by atoms with Crippen molar-refractivity contribution in [2.45, 2.75) is 13.3 Å². The fourth-order valence-corrected chi connectivity index (χ4v) is 3.60. The third-order valence-corrected chi connectivity index (χ3v) is 5.00. The van der Waals surface area contributed by atoms with Crippen LogP contribution in [0.1, 0.15) is 35.6 Å². The summed E-state index contributed by atoms with van der Waals surface area (Å²) >= 11 is 0. The largest absolute Gasteiger partial charge is 0.478 e. The Morgan fingerprint density at radius 1 is 0.900 bits per heavy atom. The zero-order valence-corrected chi connectivity index (χ0v) is 16.5. The van der Waals surface area contributed by atoms with Gasteiger partial charge in [-0.05, 0) is 58.0 Å². The fourth-order valence-electron chi connectivity index (χ4n) is 3.60. The molecule has 0 saturated heterocycles. The van der Waals surface area contributed by atoms with Crippen LogP contribution < -0.4 is 0 Å². The molecule has 0 unspecified atom stereocenters.